The van der Waals surface area contributed by atoms with E-state index in [4.69, 9.17) is 15.2 Å². The molecule has 120 valence electrons. The van der Waals surface area contributed by atoms with E-state index in [1.165, 1.54) is 6.07 Å². The Bertz CT molecular complexity index is 434. The Kier molecular flexibility index (Phi) is 8.36. The largest absolute Gasteiger partial charge is 0.383 e. The maximum Gasteiger partial charge on any atom is 0.129 e. The fraction of sp³-hybridized carbons (Fsp3) is 0.600. The van der Waals surface area contributed by atoms with Crippen LogP contribution < -0.4 is 5.73 Å². The first-order valence-corrected chi connectivity index (χ1v) is 7.73. The van der Waals surface area contributed by atoms with Gasteiger partial charge in [-0.25, -0.2) is 4.39 Å². The zero-order chi connectivity index (χ0) is 15.8. The molecule has 2 N–H and O–H groups in total. The molecular weight excluding hydrogens is 339 g/mol. The quantitative estimate of drug-likeness (QED) is 0.733. The third-order valence-electron chi connectivity index (χ3n) is 3.47. The van der Waals surface area contributed by atoms with Gasteiger partial charge in [-0.2, -0.15) is 0 Å². The molecular formula is C15H24BrFN2O2. The van der Waals surface area contributed by atoms with Crippen LogP contribution in [0.4, 0.5) is 4.39 Å². The van der Waals surface area contributed by atoms with E-state index in [1.54, 1.807) is 20.3 Å². The number of methoxy groups -OCH3 is 2. The lowest BCUT2D eigenvalue weighted by Crippen LogP contribution is -2.44. The summed E-state index contributed by atoms with van der Waals surface area (Å²) in [6, 6.07) is 4.97. The second-order valence-corrected chi connectivity index (χ2v) is 5.87. The van der Waals surface area contributed by atoms with Crippen LogP contribution in [0.5, 0.6) is 0 Å². The maximum absolute atomic E-state index is 14.2. The van der Waals surface area contributed by atoms with Crippen molar-refractivity contribution < 1.29 is 13.9 Å². The van der Waals surface area contributed by atoms with Crippen molar-refractivity contribution in [1.29, 1.82) is 0 Å². The minimum absolute atomic E-state index is 0.113. The van der Waals surface area contributed by atoms with Gasteiger partial charge in [0, 0.05) is 43.4 Å². The third-order valence-corrected chi connectivity index (χ3v) is 3.97. The van der Waals surface area contributed by atoms with Gasteiger partial charge in [0.1, 0.15) is 5.82 Å². The molecule has 21 heavy (non-hydrogen) atoms. The average molecular weight is 363 g/mol. The molecule has 0 fully saturated rings. The summed E-state index contributed by atoms with van der Waals surface area (Å²) in [4.78, 5) is 2.12. The fourth-order valence-electron chi connectivity index (χ4n) is 2.43. The van der Waals surface area contributed by atoms with Crippen molar-refractivity contribution in [3.8, 4) is 0 Å². The lowest BCUT2D eigenvalue weighted by Gasteiger charge is -2.36. The smallest absolute Gasteiger partial charge is 0.129 e. The molecule has 0 saturated heterocycles. The zero-order valence-corrected chi connectivity index (χ0v) is 14.4. The second-order valence-electron chi connectivity index (χ2n) is 4.95. The minimum Gasteiger partial charge on any atom is -0.383 e. The van der Waals surface area contributed by atoms with Crippen molar-refractivity contribution in [3.63, 3.8) is 0 Å². The Hall–Kier alpha value is -0.530. The zero-order valence-electron chi connectivity index (χ0n) is 12.8. The molecule has 0 radical (unpaired) electrons. The van der Waals surface area contributed by atoms with Crippen molar-refractivity contribution in [2.24, 2.45) is 5.73 Å². The molecule has 0 spiro atoms. The summed E-state index contributed by atoms with van der Waals surface area (Å²) in [6.45, 7) is 4.15. The average Bonchev–Trinajstić information content (AvgIpc) is 2.45. The van der Waals surface area contributed by atoms with Gasteiger partial charge in [-0.15, -0.1) is 0 Å². The van der Waals surface area contributed by atoms with E-state index in [-0.39, 0.29) is 17.9 Å². The molecule has 0 aliphatic rings. The van der Waals surface area contributed by atoms with Crippen LogP contribution in [0.1, 0.15) is 18.5 Å². The molecule has 0 aromatic heterocycles. The maximum atomic E-state index is 14.2. The number of nitrogens with zero attached hydrogens (tertiary/aromatic N) is 1. The van der Waals surface area contributed by atoms with Gasteiger partial charge in [0.2, 0.25) is 0 Å². The molecule has 0 amide bonds. The molecule has 1 aromatic carbocycles. The van der Waals surface area contributed by atoms with Crippen LogP contribution in [0, 0.1) is 5.82 Å². The number of benzene rings is 1. The van der Waals surface area contributed by atoms with Gasteiger partial charge >= 0.3 is 0 Å². The van der Waals surface area contributed by atoms with E-state index < -0.39 is 0 Å². The van der Waals surface area contributed by atoms with E-state index in [2.05, 4.69) is 20.8 Å². The Labute approximate surface area is 134 Å². The third kappa shape index (κ3) is 5.30. The van der Waals surface area contributed by atoms with Crippen LogP contribution in [0.3, 0.4) is 0 Å². The molecule has 0 heterocycles. The van der Waals surface area contributed by atoms with Crippen molar-refractivity contribution >= 4 is 15.9 Å². The lowest BCUT2D eigenvalue weighted by atomic mass is 10.0. The van der Waals surface area contributed by atoms with Crippen LogP contribution in [0.25, 0.3) is 0 Å². The summed E-state index contributed by atoms with van der Waals surface area (Å²) >= 11 is 3.28. The number of rotatable bonds is 9. The van der Waals surface area contributed by atoms with Gasteiger partial charge in [-0.1, -0.05) is 22.0 Å². The van der Waals surface area contributed by atoms with Crippen LogP contribution in [0.2, 0.25) is 0 Å². The monoisotopic (exact) mass is 362 g/mol. The fourth-order valence-corrected chi connectivity index (χ4v) is 2.76. The summed E-state index contributed by atoms with van der Waals surface area (Å²) in [5.74, 6) is -0.258. The molecule has 0 aliphatic carbocycles. The van der Waals surface area contributed by atoms with Gasteiger partial charge in [0.05, 0.1) is 19.3 Å². The van der Waals surface area contributed by atoms with E-state index in [9.17, 15) is 4.39 Å². The normalized spacial score (nSPS) is 14.4. The summed E-state index contributed by atoms with van der Waals surface area (Å²) in [6.07, 6.45) is 0. The second kappa shape index (κ2) is 9.48. The molecule has 1 rings (SSSR count). The highest BCUT2D eigenvalue weighted by molar-refractivity contribution is 9.10. The van der Waals surface area contributed by atoms with Crippen LogP contribution in [0.15, 0.2) is 22.7 Å². The predicted octanol–water partition coefficient (Wildman–Crippen LogP) is 2.57. The molecule has 0 bridgehead atoms. The molecule has 2 atom stereocenters. The minimum atomic E-state index is -0.258. The highest BCUT2D eigenvalue weighted by Gasteiger charge is 2.26. The van der Waals surface area contributed by atoms with Gasteiger partial charge in [-0.3, -0.25) is 4.90 Å². The van der Waals surface area contributed by atoms with Crippen molar-refractivity contribution in [3.05, 3.63) is 34.1 Å². The number of ether oxygens (including phenoxy) is 2. The summed E-state index contributed by atoms with van der Waals surface area (Å²) in [7, 11) is 3.31. The number of nitrogens with two attached hydrogens (primary N) is 1. The molecule has 0 aliphatic heterocycles. The summed E-state index contributed by atoms with van der Waals surface area (Å²) < 4.78 is 25.3. The van der Waals surface area contributed by atoms with Crippen LogP contribution in [-0.2, 0) is 9.47 Å². The SMILES string of the molecule is COCCN(C(C)COC)C(CN)c1ccc(Br)cc1F. The Morgan fingerprint density at radius 3 is 2.57 bits per heavy atom. The van der Waals surface area contributed by atoms with E-state index in [0.717, 1.165) is 0 Å². The number of hydrogen-bond acceptors (Lipinski definition) is 4. The van der Waals surface area contributed by atoms with E-state index in [1.807, 2.05) is 13.0 Å². The van der Waals surface area contributed by atoms with Crippen molar-refractivity contribution in [2.45, 2.75) is 19.0 Å². The highest BCUT2D eigenvalue weighted by Crippen LogP contribution is 2.26. The molecule has 2 unspecified atom stereocenters. The Balaban J connectivity index is 3.04. The summed E-state index contributed by atoms with van der Waals surface area (Å²) in [5, 5.41) is 0. The molecule has 0 saturated carbocycles. The Morgan fingerprint density at radius 1 is 1.33 bits per heavy atom. The summed E-state index contributed by atoms with van der Waals surface area (Å²) in [5.41, 5.74) is 6.51. The van der Waals surface area contributed by atoms with Crippen molar-refractivity contribution in [1.82, 2.24) is 4.90 Å². The van der Waals surface area contributed by atoms with E-state index in [0.29, 0.717) is 36.3 Å². The number of halogens is 2. The van der Waals surface area contributed by atoms with Crippen LogP contribution in [-0.4, -0.2) is 51.5 Å². The predicted molar refractivity (Wildman–Crippen MR) is 85.8 cm³/mol. The number of hydrogen-bond donors (Lipinski definition) is 1. The molecule has 1 aromatic rings. The first-order valence-electron chi connectivity index (χ1n) is 6.93. The molecule has 6 heteroatoms. The van der Waals surface area contributed by atoms with Gasteiger partial charge in [0.15, 0.2) is 0 Å². The lowest BCUT2D eigenvalue weighted by molar-refractivity contribution is 0.0477. The van der Waals surface area contributed by atoms with E-state index >= 15 is 0 Å². The van der Waals surface area contributed by atoms with Crippen LogP contribution >= 0.6 is 15.9 Å². The highest BCUT2D eigenvalue weighted by atomic mass is 79.9. The van der Waals surface area contributed by atoms with Gasteiger partial charge in [0.25, 0.3) is 0 Å². The topological polar surface area (TPSA) is 47.7 Å². The van der Waals surface area contributed by atoms with Crippen molar-refractivity contribution in [2.75, 3.05) is 40.5 Å². The first-order chi connectivity index (χ1) is 10.0. The first kappa shape index (κ1) is 18.5. The van der Waals surface area contributed by atoms with Gasteiger partial charge < -0.3 is 15.2 Å². The standard InChI is InChI=1S/C15H24BrFN2O2/c1-11(10-21-3)19(6-7-20-2)15(9-18)13-5-4-12(16)8-14(13)17/h4-5,8,11,15H,6-7,9-10,18H2,1-3H3. The molecule has 4 nitrogen and oxygen atoms in total. The Morgan fingerprint density at radius 2 is 2.05 bits per heavy atom. The van der Waals surface area contributed by atoms with Gasteiger partial charge in [-0.05, 0) is 19.1 Å².